The van der Waals surface area contributed by atoms with Gasteiger partial charge < -0.3 is 19.9 Å². The first-order chi connectivity index (χ1) is 21.6. The van der Waals surface area contributed by atoms with E-state index >= 15 is 0 Å². The second-order valence-corrected chi connectivity index (χ2v) is 10.4. The van der Waals surface area contributed by atoms with Crippen molar-refractivity contribution in [3.8, 4) is 28.8 Å². The van der Waals surface area contributed by atoms with Crippen LogP contribution in [0.25, 0.3) is 22.2 Å². The average molecular weight is 652 g/mol. The molecular formula is C30H20F8N4O4. The van der Waals surface area contributed by atoms with Gasteiger partial charge in [0.15, 0.2) is 5.75 Å². The molecule has 2 N–H and O–H groups in total. The quantitative estimate of drug-likeness (QED) is 0.244. The topological polar surface area (TPSA) is 117 Å². The summed E-state index contributed by atoms with van der Waals surface area (Å²) in [5.41, 5.74) is -9.54. The zero-order valence-electron chi connectivity index (χ0n) is 23.4. The van der Waals surface area contributed by atoms with Crippen molar-refractivity contribution in [3.05, 3.63) is 82.9 Å². The van der Waals surface area contributed by atoms with Crippen molar-refractivity contribution in [1.82, 2.24) is 15.3 Å². The molecule has 1 aliphatic rings. The number of benzene rings is 2. The van der Waals surface area contributed by atoms with Crippen LogP contribution < -0.4 is 14.8 Å². The number of pyridine rings is 2. The Morgan fingerprint density at radius 3 is 2.41 bits per heavy atom. The number of amides is 1. The molecule has 2 aromatic carbocycles. The largest absolute Gasteiger partial charge is 0.494 e. The number of nitrogens with one attached hydrogen (secondary N) is 1. The number of halogens is 8. The van der Waals surface area contributed by atoms with Crippen LogP contribution in [0.4, 0.5) is 35.1 Å². The summed E-state index contributed by atoms with van der Waals surface area (Å²) in [7, 11) is 1.14. The summed E-state index contributed by atoms with van der Waals surface area (Å²) in [6.07, 6.45) is -9.78. The number of hydrogen-bond donors (Lipinski definition) is 2. The molecule has 0 aliphatic carbocycles. The molecule has 0 fully saturated rings. The highest BCUT2D eigenvalue weighted by Gasteiger charge is 2.57. The van der Waals surface area contributed by atoms with Gasteiger partial charge in [-0.05, 0) is 48.5 Å². The van der Waals surface area contributed by atoms with Crippen molar-refractivity contribution in [2.75, 3.05) is 26.9 Å². The number of carbonyl (C=O) groups excluding carboxylic acids is 1. The van der Waals surface area contributed by atoms with Crippen LogP contribution in [0.2, 0.25) is 0 Å². The first-order valence-electron chi connectivity index (χ1n) is 13.1. The number of nitrogens with zero attached hydrogens (tertiary/aromatic N) is 3. The molecule has 0 saturated carbocycles. The van der Waals surface area contributed by atoms with E-state index in [-0.39, 0.29) is 39.2 Å². The number of alkyl halides is 7. The zero-order valence-corrected chi connectivity index (χ0v) is 23.4. The van der Waals surface area contributed by atoms with E-state index in [4.69, 9.17) is 9.47 Å². The van der Waals surface area contributed by atoms with Gasteiger partial charge in [0.25, 0.3) is 5.91 Å². The molecule has 8 nitrogen and oxygen atoms in total. The number of hydrogen-bond acceptors (Lipinski definition) is 7. The molecule has 3 heterocycles. The van der Waals surface area contributed by atoms with Crippen LogP contribution in [0.15, 0.2) is 54.7 Å². The van der Waals surface area contributed by atoms with Gasteiger partial charge in [-0.1, -0.05) is 0 Å². The first kappa shape index (κ1) is 32.4. The number of fused-ring (bicyclic) bond motifs is 2. The number of rotatable bonds is 7. The summed E-state index contributed by atoms with van der Waals surface area (Å²) in [5, 5.41) is 22.6. The minimum atomic E-state index is -5.54. The Balaban J connectivity index is 1.58. The van der Waals surface area contributed by atoms with E-state index in [0.29, 0.717) is 18.3 Å². The SMILES string of the molecule is COc1cc(C(=O)NCC(O)(c2cc3c(c(-c4ccc(F)cc4)n2)OC[C@]3(C#N)CF)C(F)(F)F)cc2cc(C(F)(F)F)cnc12. The first-order valence-corrected chi connectivity index (χ1v) is 13.1. The summed E-state index contributed by atoms with van der Waals surface area (Å²) in [4.78, 5) is 20.7. The Labute approximate surface area is 254 Å². The molecule has 16 heteroatoms. The fraction of sp³-hybridized carbons (Fsp3) is 0.267. The van der Waals surface area contributed by atoms with Crippen molar-refractivity contribution in [3.63, 3.8) is 0 Å². The summed E-state index contributed by atoms with van der Waals surface area (Å²) in [6, 6.07) is 9.23. The molecule has 5 rings (SSSR count). The molecule has 1 amide bonds. The molecule has 2 atom stereocenters. The van der Waals surface area contributed by atoms with Gasteiger partial charge in [-0.15, -0.1) is 0 Å². The van der Waals surface area contributed by atoms with Gasteiger partial charge in [-0.25, -0.2) is 13.8 Å². The highest BCUT2D eigenvalue weighted by molar-refractivity contribution is 6.00. The molecule has 1 unspecified atom stereocenters. The number of carbonyl (C=O) groups is 1. The normalized spacial score (nSPS) is 17.5. The summed E-state index contributed by atoms with van der Waals surface area (Å²) in [6.45, 7) is -3.55. The third-order valence-electron chi connectivity index (χ3n) is 7.47. The van der Waals surface area contributed by atoms with Gasteiger partial charge in [0, 0.05) is 28.3 Å². The van der Waals surface area contributed by atoms with Gasteiger partial charge in [-0.2, -0.15) is 31.6 Å². The smallest absolute Gasteiger partial charge is 0.424 e. The minimum Gasteiger partial charge on any atom is -0.494 e. The monoisotopic (exact) mass is 652 g/mol. The lowest BCUT2D eigenvalue weighted by Gasteiger charge is -2.31. The molecule has 1 aliphatic heterocycles. The predicted octanol–water partition coefficient (Wildman–Crippen LogP) is 5.77. The molecule has 4 aromatic rings. The number of aliphatic hydroxyl groups is 1. The summed E-state index contributed by atoms with van der Waals surface area (Å²) < 4.78 is 122. The number of aromatic nitrogens is 2. The van der Waals surface area contributed by atoms with Crippen LogP contribution in [-0.4, -0.2) is 54.1 Å². The van der Waals surface area contributed by atoms with E-state index in [2.05, 4.69) is 9.97 Å². The Morgan fingerprint density at radius 2 is 1.83 bits per heavy atom. The molecular weight excluding hydrogens is 632 g/mol. The van der Waals surface area contributed by atoms with Crippen molar-refractivity contribution >= 4 is 16.8 Å². The van der Waals surface area contributed by atoms with E-state index in [1.54, 1.807) is 6.07 Å². The van der Waals surface area contributed by atoms with Crippen molar-refractivity contribution in [2.45, 2.75) is 23.4 Å². The molecule has 0 bridgehead atoms. The van der Waals surface area contributed by atoms with Gasteiger partial charge in [-0.3, -0.25) is 9.78 Å². The van der Waals surface area contributed by atoms with Crippen LogP contribution >= 0.6 is 0 Å². The van der Waals surface area contributed by atoms with Gasteiger partial charge in [0.2, 0.25) is 5.60 Å². The highest BCUT2D eigenvalue weighted by Crippen LogP contribution is 2.48. The highest BCUT2D eigenvalue weighted by atomic mass is 19.4. The lowest BCUT2D eigenvalue weighted by Crippen LogP contribution is -2.51. The number of ether oxygens (including phenoxy) is 2. The van der Waals surface area contributed by atoms with Crippen molar-refractivity contribution in [2.24, 2.45) is 0 Å². The van der Waals surface area contributed by atoms with Crippen LogP contribution in [0.1, 0.15) is 27.2 Å². The maximum absolute atomic E-state index is 14.6. The predicted molar refractivity (Wildman–Crippen MR) is 144 cm³/mol. The lowest BCUT2D eigenvalue weighted by molar-refractivity contribution is -0.265. The Bertz CT molecular complexity index is 1870. The second kappa shape index (κ2) is 11.4. The average Bonchev–Trinajstić information content (AvgIpc) is 3.40. The van der Waals surface area contributed by atoms with E-state index < -0.39 is 71.7 Å². The maximum atomic E-state index is 14.6. The fourth-order valence-corrected chi connectivity index (χ4v) is 4.86. The molecule has 46 heavy (non-hydrogen) atoms. The van der Waals surface area contributed by atoms with Crippen LogP contribution in [-0.2, 0) is 17.2 Å². The summed E-state index contributed by atoms with van der Waals surface area (Å²) in [5.74, 6) is -2.36. The summed E-state index contributed by atoms with van der Waals surface area (Å²) >= 11 is 0. The van der Waals surface area contributed by atoms with Crippen LogP contribution in [0, 0.1) is 17.1 Å². The molecule has 2 aromatic heterocycles. The van der Waals surface area contributed by atoms with E-state index in [1.807, 2.05) is 5.32 Å². The third-order valence-corrected chi connectivity index (χ3v) is 7.47. The fourth-order valence-electron chi connectivity index (χ4n) is 4.86. The lowest BCUT2D eigenvalue weighted by atomic mass is 9.83. The van der Waals surface area contributed by atoms with E-state index in [1.165, 1.54) is 0 Å². The Hall–Kier alpha value is -5.04. The van der Waals surface area contributed by atoms with Gasteiger partial charge in [0.05, 0.1) is 31.0 Å². The molecule has 0 radical (unpaired) electrons. The minimum absolute atomic E-state index is 0.00996. The van der Waals surface area contributed by atoms with Gasteiger partial charge >= 0.3 is 12.4 Å². The van der Waals surface area contributed by atoms with E-state index in [9.17, 15) is 50.3 Å². The van der Waals surface area contributed by atoms with E-state index in [0.717, 1.165) is 43.5 Å². The van der Waals surface area contributed by atoms with Gasteiger partial charge in [0.1, 0.15) is 41.5 Å². The molecule has 240 valence electrons. The zero-order chi connectivity index (χ0) is 33.7. The second-order valence-electron chi connectivity index (χ2n) is 10.4. The number of methoxy groups -OCH3 is 1. The molecule has 0 saturated heterocycles. The van der Waals surface area contributed by atoms with Crippen molar-refractivity contribution in [1.29, 1.82) is 5.26 Å². The third kappa shape index (κ3) is 5.51. The number of nitriles is 1. The Kier molecular flexibility index (Phi) is 8.01. The van der Waals surface area contributed by atoms with Crippen molar-refractivity contribution < 1.29 is 54.5 Å². The Morgan fingerprint density at radius 1 is 1.13 bits per heavy atom. The maximum Gasteiger partial charge on any atom is 0.424 e. The standard InChI is InChI=1S/C30H20F8N4O4/c1-45-21-8-17(6-16-7-18(29(33,34)35)10-40-23(16)21)26(43)41-13-28(44,30(36,37)38)22-9-20-25(46-14-27(20,11-31)12-39)24(42-22)15-2-4-19(32)5-3-15/h2-10,44H,11,13-14H2,1H3,(H,41,43)/t27-,28?/m1/s1. The molecule has 0 spiro atoms. The van der Waals surface area contributed by atoms with Crippen LogP contribution in [0.3, 0.4) is 0 Å². The van der Waals surface area contributed by atoms with Crippen LogP contribution in [0.5, 0.6) is 11.5 Å².